The third-order valence-electron chi connectivity index (χ3n) is 4.47. The Labute approximate surface area is 129 Å². The zero-order chi connectivity index (χ0) is 16.3. The maximum Gasteiger partial charge on any atom is 0.391 e. The minimum absolute atomic E-state index is 0.0560. The molecule has 0 unspecified atom stereocenters. The van der Waals surface area contributed by atoms with E-state index in [9.17, 15) is 13.2 Å². The number of nitrogens with zero attached hydrogens (tertiary/aromatic N) is 3. The molecule has 0 spiro atoms. The van der Waals surface area contributed by atoms with Gasteiger partial charge in [0.05, 0.1) is 12.1 Å². The lowest BCUT2D eigenvalue weighted by atomic mass is 9.85. The second-order valence-corrected chi connectivity index (χ2v) is 6.44. The van der Waals surface area contributed by atoms with Gasteiger partial charge in [-0.3, -0.25) is 4.68 Å². The van der Waals surface area contributed by atoms with Gasteiger partial charge in [-0.25, -0.2) is 0 Å². The number of hydrogen-bond acceptors (Lipinski definition) is 3. The second-order valence-electron chi connectivity index (χ2n) is 6.44. The molecule has 1 aromatic heterocycles. The second kappa shape index (κ2) is 7.00. The molecule has 4 nitrogen and oxygen atoms in total. The van der Waals surface area contributed by atoms with Gasteiger partial charge in [0.1, 0.15) is 0 Å². The van der Waals surface area contributed by atoms with Gasteiger partial charge in [0.25, 0.3) is 0 Å². The van der Waals surface area contributed by atoms with Crippen molar-refractivity contribution in [3.8, 4) is 0 Å². The first-order valence-corrected chi connectivity index (χ1v) is 7.72. The highest BCUT2D eigenvalue weighted by atomic mass is 19.4. The highest BCUT2D eigenvalue weighted by Gasteiger charge is 2.42. The van der Waals surface area contributed by atoms with Gasteiger partial charge < -0.3 is 10.2 Å². The maximum absolute atomic E-state index is 12.9. The SMILES string of the molecule is CN(C)[C@H](CN[C@H]1CCC[C@@H](C(F)(F)F)C1)c1cnn(C)c1. The number of likely N-dealkylation sites (N-methyl/N-ethyl adjacent to an activating group) is 1. The Morgan fingerprint density at radius 3 is 2.68 bits per heavy atom. The van der Waals surface area contributed by atoms with Crippen molar-refractivity contribution in [3.63, 3.8) is 0 Å². The van der Waals surface area contributed by atoms with Gasteiger partial charge in [-0.15, -0.1) is 0 Å². The third kappa shape index (κ3) is 4.46. The van der Waals surface area contributed by atoms with Crippen molar-refractivity contribution >= 4 is 0 Å². The number of aryl methyl sites for hydroxylation is 1. The number of aromatic nitrogens is 2. The predicted octanol–water partition coefficient (Wildman–Crippen LogP) is 2.73. The van der Waals surface area contributed by atoms with Gasteiger partial charge in [-0.05, 0) is 33.4 Å². The van der Waals surface area contributed by atoms with Gasteiger partial charge in [-0.2, -0.15) is 18.3 Å². The van der Waals surface area contributed by atoms with E-state index in [2.05, 4.69) is 15.3 Å². The fraction of sp³-hybridized carbons (Fsp3) is 0.800. The van der Waals surface area contributed by atoms with Crippen molar-refractivity contribution in [2.75, 3.05) is 20.6 Å². The molecule has 1 aliphatic rings. The van der Waals surface area contributed by atoms with Crippen LogP contribution in [0.25, 0.3) is 0 Å². The molecule has 1 aliphatic carbocycles. The molecular weight excluding hydrogens is 293 g/mol. The third-order valence-corrected chi connectivity index (χ3v) is 4.47. The summed E-state index contributed by atoms with van der Waals surface area (Å²) in [6, 6.07) is 0.0551. The molecule has 0 aliphatic heterocycles. The van der Waals surface area contributed by atoms with E-state index >= 15 is 0 Å². The highest BCUT2D eigenvalue weighted by Crippen LogP contribution is 2.37. The fourth-order valence-electron chi connectivity index (χ4n) is 3.16. The Hall–Kier alpha value is -1.08. The van der Waals surface area contributed by atoms with Gasteiger partial charge in [-0.1, -0.05) is 6.42 Å². The monoisotopic (exact) mass is 318 g/mol. The van der Waals surface area contributed by atoms with Crippen LogP contribution in [0.4, 0.5) is 13.2 Å². The average molecular weight is 318 g/mol. The molecule has 1 aromatic rings. The minimum Gasteiger partial charge on any atom is -0.312 e. The lowest BCUT2D eigenvalue weighted by Crippen LogP contribution is -2.42. The van der Waals surface area contributed by atoms with Crippen LogP contribution >= 0.6 is 0 Å². The molecule has 0 amide bonds. The number of halogens is 3. The Morgan fingerprint density at radius 1 is 1.41 bits per heavy atom. The Bertz CT molecular complexity index is 470. The van der Waals surface area contributed by atoms with Crippen molar-refractivity contribution in [2.24, 2.45) is 13.0 Å². The molecule has 1 saturated carbocycles. The predicted molar refractivity (Wildman–Crippen MR) is 79.4 cm³/mol. The Kier molecular flexibility index (Phi) is 5.50. The van der Waals surface area contributed by atoms with Crippen molar-refractivity contribution < 1.29 is 13.2 Å². The smallest absolute Gasteiger partial charge is 0.312 e. The van der Waals surface area contributed by atoms with Crippen molar-refractivity contribution in [3.05, 3.63) is 18.0 Å². The molecule has 2 rings (SSSR count). The minimum atomic E-state index is -4.06. The van der Waals surface area contributed by atoms with E-state index in [1.165, 1.54) is 0 Å². The summed E-state index contributed by atoms with van der Waals surface area (Å²) >= 11 is 0. The molecule has 22 heavy (non-hydrogen) atoms. The topological polar surface area (TPSA) is 33.1 Å². The van der Waals surface area contributed by atoms with E-state index in [1.54, 1.807) is 4.68 Å². The summed E-state index contributed by atoms with van der Waals surface area (Å²) in [5, 5.41) is 7.51. The summed E-state index contributed by atoms with van der Waals surface area (Å²) in [5.74, 6) is -1.16. The van der Waals surface area contributed by atoms with Crippen LogP contribution < -0.4 is 5.32 Å². The first-order chi connectivity index (χ1) is 10.3. The summed E-state index contributed by atoms with van der Waals surface area (Å²) in [7, 11) is 5.80. The Morgan fingerprint density at radius 2 is 2.14 bits per heavy atom. The quantitative estimate of drug-likeness (QED) is 0.906. The van der Waals surface area contributed by atoms with Crippen molar-refractivity contribution in [1.82, 2.24) is 20.0 Å². The standard InChI is InChI=1S/C15H25F3N4/c1-21(2)14(11-8-20-22(3)10-11)9-19-13-6-4-5-12(7-13)15(16,17)18/h8,10,12-14,19H,4-7,9H2,1-3H3/t12-,13+,14-/m1/s1. The zero-order valence-corrected chi connectivity index (χ0v) is 13.4. The molecule has 0 saturated heterocycles. The van der Waals surface area contributed by atoms with E-state index in [0.717, 1.165) is 12.0 Å². The first kappa shape index (κ1) is 17.3. The molecule has 1 fully saturated rings. The maximum atomic E-state index is 12.9. The summed E-state index contributed by atoms with van der Waals surface area (Å²) in [5.41, 5.74) is 1.07. The zero-order valence-electron chi connectivity index (χ0n) is 13.4. The van der Waals surface area contributed by atoms with Crippen LogP contribution in [-0.4, -0.2) is 47.5 Å². The average Bonchev–Trinajstić information content (AvgIpc) is 2.84. The van der Waals surface area contributed by atoms with Crippen molar-refractivity contribution in [2.45, 2.75) is 43.9 Å². The summed E-state index contributed by atoms with van der Waals surface area (Å²) in [6.45, 7) is 0.633. The van der Waals surface area contributed by atoms with Crippen LogP contribution in [0, 0.1) is 5.92 Å². The summed E-state index contributed by atoms with van der Waals surface area (Å²) in [4.78, 5) is 2.06. The number of alkyl halides is 3. The fourth-order valence-corrected chi connectivity index (χ4v) is 3.16. The lowest BCUT2D eigenvalue weighted by Gasteiger charge is -2.33. The normalized spacial score (nSPS) is 24.7. The molecule has 126 valence electrons. The summed E-state index contributed by atoms with van der Waals surface area (Å²) in [6.07, 6.45) is 1.61. The number of nitrogens with one attached hydrogen (secondary N) is 1. The molecule has 0 radical (unpaired) electrons. The van der Waals surface area contributed by atoms with Gasteiger partial charge in [0, 0.05) is 37.4 Å². The van der Waals surface area contributed by atoms with Gasteiger partial charge in [0.15, 0.2) is 0 Å². The van der Waals surface area contributed by atoms with Crippen LogP contribution in [0.15, 0.2) is 12.4 Å². The largest absolute Gasteiger partial charge is 0.391 e. The summed E-state index contributed by atoms with van der Waals surface area (Å²) < 4.78 is 40.3. The number of rotatable bonds is 5. The molecule has 1 heterocycles. The van der Waals surface area contributed by atoms with Crippen LogP contribution in [-0.2, 0) is 7.05 Å². The van der Waals surface area contributed by atoms with E-state index in [4.69, 9.17) is 0 Å². The lowest BCUT2D eigenvalue weighted by molar-refractivity contribution is -0.183. The van der Waals surface area contributed by atoms with E-state index in [1.807, 2.05) is 33.5 Å². The van der Waals surface area contributed by atoms with E-state index in [0.29, 0.717) is 13.0 Å². The molecular formula is C15H25F3N4. The van der Waals surface area contributed by atoms with Crippen LogP contribution in [0.2, 0.25) is 0 Å². The highest BCUT2D eigenvalue weighted by molar-refractivity contribution is 5.11. The van der Waals surface area contributed by atoms with E-state index < -0.39 is 12.1 Å². The molecule has 0 aromatic carbocycles. The van der Waals surface area contributed by atoms with Gasteiger partial charge in [0.2, 0.25) is 0 Å². The van der Waals surface area contributed by atoms with Crippen LogP contribution in [0.5, 0.6) is 0 Å². The van der Waals surface area contributed by atoms with Crippen LogP contribution in [0.3, 0.4) is 0 Å². The van der Waals surface area contributed by atoms with E-state index in [-0.39, 0.29) is 24.9 Å². The first-order valence-electron chi connectivity index (χ1n) is 7.72. The van der Waals surface area contributed by atoms with Crippen LogP contribution in [0.1, 0.15) is 37.3 Å². The molecule has 0 bridgehead atoms. The molecule has 7 heteroatoms. The molecule has 3 atom stereocenters. The molecule has 1 N–H and O–H groups in total. The number of hydrogen-bond donors (Lipinski definition) is 1. The Balaban J connectivity index is 1.92. The van der Waals surface area contributed by atoms with Crippen molar-refractivity contribution in [1.29, 1.82) is 0 Å². The van der Waals surface area contributed by atoms with Gasteiger partial charge >= 0.3 is 6.18 Å².